The molecule has 0 saturated carbocycles. The van der Waals surface area contributed by atoms with Gasteiger partial charge in [-0.3, -0.25) is 4.79 Å². The Morgan fingerprint density at radius 1 is 1.35 bits per heavy atom. The second-order valence-corrected chi connectivity index (χ2v) is 5.60. The molecule has 1 aromatic carbocycles. The zero-order valence-corrected chi connectivity index (χ0v) is 11.5. The standard InChI is InChI=1S/C13H19ClN2O/c1-13(2,3)8-16-9-5-6-11(14)10(7-9)12(17)15-4/h5-7,16H,8H2,1-4H3,(H,15,17). The lowest BCUT2D eigenvalue weighted by Gasteiger charge is -2.20. The maximum absolute atomic E-state index is 11.6. The first-order valence-electron chi connectivity index (χ1n) is 5.59. The maximum Gasteiger partial charge on any atom is 0.252 e. The molecule has 0 spiro atoms. The summed E-state index contributed by atoms with van der Waals surface area (Å²) in [7, 11) is 1.59. The van der Waals surface area contributed by atoms with Gasteiger partial charge in [0.15, 0.2) is 0 Å². The molecule has 0 heterocycles. The molecular weight excluding hydrogens is 236 g/mol. The highest BCUT2D eigenvalue weighted by molar-refractivity contribution is 6.34. The van der Waals surface area contributed by atoms with E-state index >= 15 is 0 Å². The molecule has 1 rings (SSSR count). The summed E-state index contributed by atoms with van der Waals surface area (Å²) in [4.78, 5) is 11.6. The third-order valence-corrected chi connectivity index (χ3v) is 2.59. The van der Waals surface area contributed by atoms with Crippen molar-refractivity contribution in [1.29, 1.82) is 0 Å². The maximum atomic E-state index is 11.6. The molecule has 0 aliphatic heterocycles. The van der Waals surface area contributed by atoms with Gasteiger partial charge in [0.1, 0.15) is 0 Å². The molecule has 1 aromatic rings. The molecule has 0 atom stereocenters. The van der Waals surface area contributed by atoms with Crippen LogP contribution in [-0.4, -0.2) is 19.5 Å². The molecule has 17 heavy (non-hydrogen) atoms. The van der Waals surface area contributed by atoms with Crippen LogP contribution in [0.25, 0.3) is 0 Å². The summed E-state index contributed by atoms with van der Waals surface area (Å²) in [5.41, 5.74) is 1.59. The molecule has 0 aliphatic carbocycles. The highest BCUT2D eigenvalue weighted by Crippen LogP contribution is 2.22. The van der Waals surface area contributed by atoms with E-state index in [-0.39, 0.29) is 11.3 Å². The van der Waals surface area contributed by atoms with Crippen LogP contribution in [0.4, 0.5) is 5.69 Å². The molecule has 0 aliphatic rings. The second-order valence-electron chi connectivity index (χ2n) is 5.19. The third-order valence-electron chi connectivity index (χ3n) is 2.26. The normalized spacial score (nSPS) is 11.1. The lowest BCUT2D eigenvalue weighted by atomic mass is 9.97. The Labute approximate surface area is 108 Å². The van der Waals surface area contributed by atoms with Crippen LogP contribution in [0.3, 0.4) is 0 Å². The van der Waals surface area contributed by atoms with Gasteiger partial charge in [-0.1, -0.05) is 32.4 Å². The van der Waals surface area contributed by atoms with Gasteiger partial charge in [-0.05, 0) is 23.6 Å². The molecule has 0 unspecified atom stereocenters. The topological polar surface area (TPSA) is 41.1 Å². The van der Waals surface area contributed by atoms with E-state index in [2.05, 4.69) is 31.4 Å². The SMILES string of the molecule is CNC(=O)c1cc(NCC(C)(C)C)ccc1Cl. The van der Waals surface area contributed by atoms with E-state index in [0.717, 1.165) is 12.2 Å². The minimum absolute atomic E-state index is 0.172. The number of hydrogen-bond acceptors (Lipinski definition) is 2. The van der Waals surface area contributed by atoms with Crippen LogP contribution in [0.5, 0.6) is 0 Å². The van der Waals surface area contributed by atoms with Crippen molar-refractivity contribution >= 4 is 23.2 Å². The van der Waals surface area contributed by atoms with Crippen molar-refractivity contribution in [3.8, 4) is 0 Å². The predicted molar refractivity (Wildman–Crippen MR) is 72.8 cm³/mol. The van der Waals surface area contributed by atoms with Gasteiger partial charge in [0, 0.05) is 19.3 Å². The number of rotatable bonds is 3. The Morgan fingerprint density at radius 2 is 2.00 bits per heavy atom. The van der Waals surface area contributed by atoms with Crippen molar-refractivity contribution < 1.29 is 4.79 Å². The van der Waals surface area contributed by atoms with Crippen LogP contribution in [0.1, 0.15) is 31.1 Å². The van der Waals surface area contributed by atoms with Gasteiger partial charge in [0.2, 0.25) is 0 Å². The molecule has 0 aromatic heterocycles. The number of nitrogens with one attached hydrogen (secondary N) is 2. The Kier molecular flexibility index (Phi) is 4.40. The molecule has 2 N–H and O–H groups in total. The van der Waals surface area contributed by atoms with E-state index in [1.807, 2.05) is 6.07 Å². The van der Waals surface area contributed by atoms with Crippen LogP contribution >= 0.6 is 11.6 Å². The van der Waals surface area contributed by atoms with E-state index in [9.17, 15) is 4.79 Å². The van der Waals surface area contributed by atoms with Crippen molar-refractivity contribution in [3.05, 3.63) is 28.8 Å². The van der Waals surface area contributed by atoms with Crippen molar-refractivity contribution in [1.82, 2.24) is 5.32 Å². The zero-order chi connectivity index (χ0) is 13.1. The number of anilines is 1. The highest BCUT2D eigenvalue weighted by Gasteiger charge is 2.12. The smallest absolute Gasteiger partial charge is 0.252 e. The summed E-state index contributed by atoms with van der Waals surface area (Å²) < 4.78 is 0. The molecule has 0 bridgehead atoms. The summed E-state index contributed by atoms with van der Waals surface area (Å²) in [5.74, 6) is -0.172. The summed E-state index contributed by atoms with van der Waals surface area (Å²) in [6.07, 6.45) is 0. The van der Waals surface area contributed by atoms with Gasteiger partial charge < -0.3 is 10.6 Å². The van der Waals surface area contributed by atoms with Gasteiger partial charge in [0.05, 0.1) is 10.6 Å². The van der Waals surface area contributed by atoms with E-state index in [0.29, 0.717) is 10.6 Å². The van der Waals surface area contributed by atoms with Gasteiger partial charge >= 0.3 is 0 Å². The first-order valence-corrected chi connectivity index (χ1v) is 5.97. The average Bonchev–Trinajstić information content (AvgIpc) is 2.26. The first-order chi connectivity index (χ1) is 7.83. The summed E-state index contributed by atoms with van der Waals surface area (Å²) in [5, 5.41) is 6.33. The van der Waals surface area contributed by atoms with Gasteiger partial charge in [-0.15, -0.1) is 0 Å². The van der Waals surface area contributed by atoms with Crippen molar-refractivity contribution in [2.45, 2.75) is 20.8 Å². The molecule has 3 nitrogen and oxygen atoms in total. The summed E-state index contributed by atoms with van der Waals surface area (Å²) in [6.45, 7) is 7.28. The lowest BCUT2D eigenvalue weighted by molar-refractivity contribution is 0.0963. The van der Waals surface area contributed by atoms with Crippen LogP contribution in [0.2, 0.25) is 5.02 Å². The fraction of sp³-hybridized carbons (Fsp3) is 0.462. The number of hydrogen-bond donors (Lipinski definition) is 2. The predicted octanol–water partition coefficient (Wildman–Crippen LogP) is 3.16. The minimum atomic E-state index is -0.172. The largest absolute Gasteiger partial charge is 0.384 e. The summed E-state index contributed by atoms with van der Waals surface area (Å²) >= 11 is 5.97. The van der Waals surface area contributed by atoms with Crippen LogP contribution in [-0.2, 0) is 0 Å². The summed E-state index contributed by atoms with van der Waals surface area (Å²) in [6, 6.07) is 5.38. The number of halogens is 1. The Hall–Kier alpha value is -1.22. The average molecular weight is 255 g/mol. The Bertz CT molecular complexity index is 410. The van der Waals surface area contributed by atoms with Crippen LogP contribution < -0.4 is 10.6 Å². The van der Waals surface area contributed by atoms with Gasteiger partial charge in [-0.2, -0.15) is 0 Å². The van der Waals surface area contributed by atoms with Gasteiger partial charge in [0.25, 0.3) is 5.91 Å². The number of carbonyl (C=O) groups is 1. The molecule has 1 amide bonds. The van der Waals surface area contributed by atoms with E-state index in [1.165, 1.54) is 0 Å². The molecule has 4 heteroatoms. The van der Waals surface area contributed by atoms with Crippen molar-refractivity contribution in [3.63, 3.8) is 0 Å². The van der Waals surface area contributed by atoms with Crippen LogP contribution in [0.15, 0.2) is 18.2 Å². The molecule has 0 radical (unpaired) electrons. The Morgan fingerprint density at radius 3 is 2.53 bits per heavy atom. The molecular formula is C13H19ClN2O. The van der Waals surface area contributed by atoms with Crippen molar-refractivity contribution in [2.75, 3.05) is 18.9 Å². The number of benzene rings is 1. The highest BCUT2D eigenvalue weighted by atomic mass is 35.5. The number of carbonyl (C=O) groups excluding carboxylic acids is 1. The van der Waals surface area contributed by atoms with E-state index < -0.39 is 0 Å². The first kappa shape index (κ1) is 13.8. The second kappa shape index (κ2) is 5.41. The van der Waals surface area contributed by atoms with Gasteiger partial charge in [-0.25, -0.2) is 0 Å². The van der Waals surface area contributed by atoms with Crippen molar-refractivity contribution in [2.24, 2.45) is 5.41 Å². The molecule has 0 saturated heterocycles. The fourth-order valence-corrected chi connectivity index (χ4v) is 1.51. The van der Waals surface area contributed by atoms with Crippen LogP contribution in [0, 0.1) is 5.41 Å². The quantitative estimate of drug-likeness (QED) is 0.870. The van der Waals surface area contributed by atoms with E-state index in [1.54, 1.807) is 19.2 Å². The zero-order valence-electron chi connectivity index (χ0n) is 10.7. The molecule has 94 valence electrons. The molecule has 0 fully saturated rings. The fourth-order valence-electron chi connectivity index (χ4n) is 1.31. The number of amides is 1. The minimum Gasteiger partial charge on any atom is -0.384 e. The monoisotopic (exact) mass is 254 g/mol. The Balaban J connectivity index is 2.86. The van der Waals surface area contributed by atoms with E-state index in [4.69, 9.17) is 11.6 Å². The third kappa shape index (κ3) is 4.27. The lowest BCUT2D eigenvalue weighted by Crippen LogP contribution is -2.20.